The van der Waals surface area contributed by atoms with Crippen LogP contribution in [0.5, 0.6) is 0 Å². The summed E-state index contributed by atoms with van der Waals surface area (Å²) in [6.45, 7) is 2.43. The summed E-state index contributed by atoms with van der Waals surface area (Å²) >= 11 is 0. The van der Waals surface area contributed by atoms with Crippen LogP contribution in [0.2, 0.25) is 18.6 Å². The molecule has 0 saturated carbocycles. The van der Waals surface area contributed by atoms with E-state index in [2.05, 4.69) is 6.55 Å². The van der Waals surface area contributed by atoms with Gasteiger partial charge in [0, 0.05) is 0 Å². The lowest BCUT2D eigenvalue weighted by molar-refractivity contribution is 0.935. The molecule has 0 aromatic heterocycles. The van der Waals surface area contributed by atoms with Gasteiger partial charge in [-0.25, -0.2) is 0 Å². The van der Waals surface area contributed by atoms with E-state index in [0.29, 0.717) is 0 Å². The smallest absolute Gasteiger partial charge is 0.0653 e. The molecule has 2 N–H and O–H groups in total. The Bertz CT molecular complexity index is 76.6. The molecule has 1 aliphatic heterocycles. The second kappa shape index (κ2) is 2.19. The van der Waals surface area contributed by atoms with Gasteiger partial charge in [-0.1, -0.05) is 31.5 Å². The Labute approximate surface area is 52.3 Å². The summed E-state index contributed by atoms with van der Waals surface area (Å²) in [5.74, 6) is 0. The molecule has 1 rings (SSSR count). The quantitative estimate of drug-likeness (QED) is 0.531. The van der Waals surface area contributed by atoms with Crippen LogP contribution in [0.15, 0.2) is 0 Å². The molecule has 0 amide bonds. The summed E-state index contributed by atoms with van der Waals surface area (Å²) in [5, 5.41) is 0. The topological polar surface area (TPSA) is 26.0 Å². The normalized spacial score (nSPS) is 26.2. The van der Waals surface area contributed by atoms with Crippen molar-refractivity contribution in [3.8, 4) is 0 Å². The van der Waals surface area contributed by atoms with Crippen molar-refractivity contribution in [2.45, 2.75) is 31.5 Å². The van der Waals surface area contributed by atoms with Crippen LogP contribution < -0.4 is 5.73 Å². The van der Waals surface area contributed by atoms with Crippen molar-refractivity contribution in [1.29, 1.82) is 0 Å². The second-order valence-electron chi connectivity index (χ2n) is 3.22. The predicted octanol–water partition coefficient (Wildman–Crippen LogP) is 1.36. The first-order valence-corrected chi connectivity index (χ1v) is 6.59. The highest BCUT2D eigenvalue weighted by Gasteiger charge is 2.28. The van der Waals surface area contributed by atoms with Crippen molar-refractivity contribution in [2.24, 2.45) is 5.73 Å². The second-order valence-corrected chi connectivity index (χ2v) is 8.25. The van der Waals surface area contributed by atoms with Crippen LogP contribution in [-0.2, 0) is 0 Å². The largest absolute Gasteiger partial charge is 0.333 e. The van der Waals surface area contributed by atoms with Crippen molar-refractivity contribution in [3.05, 3.63) is 0 Å². The Morgan fingerprint density at radius 3 is 2.12 bits per heavy atom. The Morgan fingerprint density at radius 2 is 1.88 bits per heavy atom. The van der Waals surface area contributed by atoms with Gasteiger partial charge >= 0.3 is 0 Å². The van der Waals surface area contributed by atoms with E-state index in [-0.39, 0.29) is 0 Å². The van der Waals surface area contributed by atoms with Crippen LogP contribution in [0.3, 0.4) is 0 Å². The summed E-state index contributed by atoms with van der Waals surface area (Å²) in [5.41, 5.74) is 5.63. The van der Waals surface area contributed by atoms with Gasteiger partial charge in [0.15, 0.2) is 0 Å². The van der Waals surface area contributed by atoms with Gasteiger partial charge in [-0.2, -0.15) is 0 Å². The lowest BCUT2D eigenvalue weighted by Gasteiger charge is -2.16. The molecule has 0 unspecified atom stereocenters. The van der Waals surface area contributed by atoms with Crippen molar-refractivity contribution < 1.29 is 0 Å². The summed E-state index contributed by atoms with van der Waals surface area (Å²) in [6, 6.07) is 2.98. The average molecular weight is 129 g/mol. The van der Waals surface area contributed by atoms with Crippen LogP contribution in [0, 0.1) is 0 Å². The SMILES string of the molecule is C[Si]1(CN)CCCC1. The monoisotopic (exact) mass is 129 g/mol. The Hall–Kier alpha value is 0.177. The third-order valence-electron chi connectivity index (χ3n) is 2.30. The zero-order valence-corrected chi connectivity index (χ0v) is 6.61. The zero-order chi connectivity index (χ0) is 6.04. The number of hydrogen-bond donors (Lipinski definition) is 1. The van der Waals surface area contributed by atoms with Gasteiger partial charge in [0.2, 0.25) is 0 Å². The lowest BCUT2D eigenvalue weighted by Crippen LogP contribution is -2.36. The first-order chi connectivity index (χ1) is 3.77. The minimum Gasteiger partial charge on any atom is -0.333 e. The van der Waals surface area contributed by atoms with Gasteiger partial charge in [-0.15, -0.1) is 0 Å². The molecule has 0 bridgehead atoms. The van der Waals surface area contributed by atoms with Gasteiger partial charge in [0.1, 0.15) is 0 Å². The van der Waals surface area contributed by atoms with Crippen LogP contribution in [-0.4, -0.2) is 14.2 Å². The van der Waals surface area contributed by atoms with E-state index < -0.39 is 8.07 Å². The maximum atomic E-state index is 5.63. The summed E-state index contributed by atoms with van der Waals surface area (Å²) in [7, 11) is -0.782. The molecule has 0 aromatic carbocycles. The fraction of sp³-hybridized carbons (Fsp3) is 1.00. The van der Waals surface area contributed by atoms with Crippen LogP contribution in [0.25, 0.3) is 0 Å². The molecule has 48 valence electrons. The van der Waals surface area contributed by atoms with E-state index in [1.54, 1.807) is 0 Å². The molecule has 0 aromatic rings. The molecular weight excluding hydrogens is 114 g/mol. The molecule has 1 aliphatic rings. The van der Waals surface area contributed by atoms with E-state index in [9.17, 15) is 0 Å². The average Bonchev–Trinajstić information content (AvgIpc) is 2.17. The van der Waals surface area contributed by atoms with E-state index in [1.165, 1.54) is 24.9 Å². The minimum atomic E-state index is -0.782. The van der Waals surface area contributed by atoms with Crippen molar-refractivity contribution >= 4 is 8.07 Å². The summed E-state index contributed by atoms with van der Waals surface area (Å²) in [6.07, 6.45) is 3.94. The van der Waals surface area contributed by atoms with Gasteiger partial charge in [-0.3, -0.25) is 0 Å². The molecule has 0 radical (unpaired) electrons. The predicted molar refractivity (Wildman–Crippen MR) is 39.5 cm³/mol. The molecule has 1 saturated heterocycles. The minimum absolute atomic E-state index is 0.782. The van der Waals surface area contributed by atoms with Gasteiger partial charge in [0.25, 0.3) is 0 Å². The number of hydrogen-bond acceptors (Lipinski definition) is 1. The Balaban J connectivity index is 2.40. The van der Waals surface area contributed by atoms with E-state index >= 15 is 0 Å². The first kappa shape index (κ1) is 6.30. The van der Waals surface area contributed by atoms with Crippen LogP contribution >= 0.6 is 0 Å². The molecule has 1 nitrogen and oxygen atoms in total. The Morgan fingerprint density at radius 1 is 1.38 bits per heavy atom. The van der Waals surface area contributed by atoms with Crippen LogP contribution in [0.4, 0.5) is 0 Å². The lowest BCUT2D eigenvalue weighted by atomic mass is 10.4. The molecule has 0 aliphatic carbocycles. The van der Waals surface area contributed by atoms with Gasteiger partial charge < -0.3 is 5.73 Å². The fourth-order valence-electron chi connectivity index (χ4n) is 1.43. The standard InChI is InChI=1S/C6H15NSi/c1-8(6-7)4-2-3-5-8/h2-7H2,1H3. The van der Waals surface area contributed by atoms with Crippen LogP contribution in [0.1, 0.15) is 12.8 Å². The van der Waals surface area contributed by atoms with Crippen molar-refractivity contribution in [2.75, 3.05) is 6.17 Å². The fourth-order valence-corrected chi connectivity index (χ4v) is 4.30. The molecule has 1 fully saturated rings. The highest BCUT2D eigenvalue weighted by atomic mass is 28.3. The molecule has 8 heavy (non-hydrogen) atoms. The van der Waals surface area contributed by atoms with E-state index in [0.717, 1.165) is 6.17 Å². The summed E-state index contributed by atoms with van der Waals surface area (Å²) < 4.78 is 0. The molecule has 2 heteroatoms. The number of rotatable bonds is 1. The van der Waals surface area contributed by atoms with Gasteiger partial charge in [0.05, 0.1) is 8.07 Å². The van der Waals surface area contributed by atoms with Gasteiger partial charge in [-0.05, 0) is 6.17 Å². The first-order valence-electron chi connectivity index (χ1n) is 3.47. The molecule has 0 spiro atoms. The molecule has 1 heterocycles. The highest BCUT2D eigenvalue weighted by Crippen LogP contribution is 2.28. The molecular formula is C6H15NSi. The zero-order valence-electron chi connectivity index (χ0n) is 5.61. The third-order valence-corrected chi connectivity index (χ3v) is 6.41. The molecule has 0 atom stereocenters. The van der Waals surface area contributed by atoms with E-state index in [1.807, 2.05) is 0 Å². The summed E-state index contributed by atoms with van der Waals surface area (Å²) in [4.78, 5) is 0. The highest BCUT2D eigenvalue weighted by molar-refractivity contribution is 6.79. The Kier molecular flexibility index (Phi) is 1.73. The van der Waals surface area contributed by atoms with E-state index in [4.69, 9.17) is 5.73 Å². The maximum Gasteiger partial charge on any atom is 0.0653 e. The maximum absolute atomic E-state index is 5.63. The van der Waals surface area contributed by atoms with Crippen molar-refractivity contribution in [1.82, 2.24) is 0 Å². The third kappa shape index (κ3) is 1.12. The number of nitrogens with two attached hydrogens (primary N) is 1. The van der Waals surface area contributed by atoms with Crippen molar-refractivity contribution in [3.63, 3.8) is 0 Å².